The van der Waals surface area contributed by atoms with E-state index in [2.05, 4.69) is 4.98 Å². The molecule has 2 aromatic rings. The molecule has 96 valence electrons. The molecule has 6 heteroatoms. The molecule has 0 atom stereocenters. The fraction of sp³-hybridized carbons (Fsp3) is 0.250. The van der Waals surface area contributed by atoms with Gasteiger partial charge in [0.05, 0.1) is 5.56 Å². The summed E-state index contributed by atoms with van der Waals surface area (Å²) in [4.78, 5) is 4.22. The van der Waals surface area contributed by atoms with Crippen LogP contribution in [0.1, 0.15) is 16.8 Å². The minimum Gasteiger partial charge on any atom is -0.235 e. The molecule has 18 heavy (non-hydrogen) atoms. The van der Waals surface area contributed by atoms with Gasteiger partial charge in [-0.05, 0) is 18.6 Å². The lowest BCUT2D eigenvalue weighted by Gasteiger charge is -2.11. The van der Waals surface area contributed by atoms with Crippen LogP contribution in [0.15, 0.2) is 34.0 Å². The Bertz CT molecular complexity index is 534. The Morgan fingerprint density at radius 3 is 2.61 bits per heavy atom. The molecule has 2 rings (SSSR count). The maximum atomic E-state index is 12.8. The van der Waals surface area contributed by atoms with E-state index < -0.39 is 11.7 Å². The molecule has 1 aromatic carbocycles. The number of benzene rings is 1. The lowest BCUT2D eigenvalue weighted by Crippen LogP contribution is -2.08. The highest BCUT2D eigenvalue weighted by Gasteiger charge is 2.32. The van der Waals surface area contributed by atoms with Crippen molar-refractivity contribution >= 4 is 23.1 Å². The third-order valence-electron chi connectivity index (χ3n) is 2.27. The first-order chi connectivity index (χ1) is 8.47. The Hall–Kier alpha value is -1.01. The van der Waals surface area contributed by atoms with Crippen molar-refractivity contribution in [2.75, 3.05) is 0 Å². The van der Waals surface area contributed by atoms with Gasteiger partial charge < -0.3 is 0 Å². The summed E-state index contributed by atoms with van der Waals surface area (Å²) in [5.41, 5.74) is 0.625. The lowest BCUT2D eigenvalue weighted by atomic mass is 10.1. The van der Waals surface area contributed by atoms with Crippen molar-refractivity contribution < 1.29 is 13.2 Å². The molecule has 0 fully saturated rings. The van der Waals surface area contributed by atoms with E-state index in [1.165, 1.54) is 35.2 Å². The van der Waals surface area contributed by atoms with Crippen LogP contribution >= 0.6 is 23.1 Å². The average Bonchev–Trinajstić information content (AvgIpc) is 2.72. The van der Waals surface area contributed by atoms with Crippen LogP contribution < -0.4 is 0 Å². The monoisotopic (exact) mass is 289 g/mol. The summed E-state index contributed by atoms with van der Waals surface area (Å²) in [5, 5.41) is 1.89. The Kier molecular flexibility index (Phi) is 3.97. The van der Waals surface area contributed by atoms with Crippen LogP contribution in [-0.4, -0.2) is 4.98 Å². The highest BCUT2D eigenvalue weighted by atomic mass is 32.2. The van der Waals surface area contributed by atoms with E-state index in [4.69, 9.17) is 0 Å². The molecule has 0 aliphatic heterocycles. The minimum atomic E-state index is -4.30. The van der Waals surface area contributed by atoms with Crippen molar-refractivity contribution in [1.82, 2.24) is 4.98 Å². The Balaban J connectivity index is 2.14. The second kappa shape index (κ2) is 5.32. The van der Waals surface area contributed by atoms with E-state index >= 15 is 0 Å². The van der Waals surface area contributed by atoms with Crippen LogP contribution in [0.25, 0.3) is 0 Å². The fourth-order valence-corrected chi connectivity index (χ4v) is 3.31. The smallest absolute Gasteiger partial charge is 0.235 e. The van der Waals surface area contributed by atoms with Gasteiger partial charge in [0.1, 0.15) is 4.34 Å². The molecule has 0 unspecified atom stereocenters. The maximum Gasteiger partial charge on any atom is 0.416 e. The lowest BCUT2D eigenvalue weighted by molar-refractivity contribution is -0.138. The van der Waals surface area contributed by atoms with Gasteiger partial charge in [-0.2, -0.15) is 13.2 Å². The van der Waals surface area contributed by atoms with Gasteiger partial charge in [0.2, 0.25) is 0 Å². The SMILES string of the molecule is Cc1csc(SCc2ccccc2C(F)(F)F)n1. The van der Waals surface area contributed by atoms with Gasteiger partial charge in [-0.25, -0.2) is 4.98 Å². The molecule has 0 aliphatic rings. The first-order valence-corrected chi connectivity index (χ1v) is 7.03. The van der Waals surface area contributed by atoms with Crippen LogP contribution in [0.5, 0.6) is 0 Å². The summed E-state index contributed by atoms with van der Waals surface area (Å²) in [6.07, 6.45) is -4.30. The fourth-order valence-electron chi connectivity index (χ4n) is 1.46. The van der Waals surface area contributed by atoms with E-state index in [0.717, 1.165) is 16.1 Å². The van der Waals surface area contributed by atoms with Gasteiger partial charge in [0.15, 0.2) is 0 Å². The third kappa shape index (κ3) is 3.26. The van der Waals surface area contributed by atoms with E-state index in [1.54, 1.807) is 6.07 Å². The molecule has 0 saturated heterocycles. The number of nitrogens with zero attached hydrogens (tertiary/aromatic N) is 1. The number of thioether (sulfide) groups is 1. The predicted molar refractivity (Wildman–Crippen MR) is 67.9 cm³/mol. The number of alkyl halides is 3. The van der Waals surface area contributed by atoms with Gasteiger partial charge in [0.25, 0.3) is 0 Å². The average molecular weight is 289 g/mol. The van der Waals surface area contributed by atoms with Gasteiger partial charge in [0, 0.05) is 16.8 Å². The summed E-state index contributed by atoms with van der Waals surface area (Å²) >= 11 is 2.78. The van der Waals surface area contributed by atoms with Crippen molar-refractivity contribution in [3.8, 4) is 0 Å². The van der Waals surface area contributed by atoms with Crippen LogP contribution in [0, 0.1) is 6.92 Å². The van der Waals surface area contributed by atoms with E-state index in [0.29, 0.717) is 5.56 Å². The standard InChI is InChI=1S/C12H10F3NS2/c1-8-6-17-11(16-8)18-7-9-4-2-3-5-10(9)12(13,14)15/h2-6H,7H2,1H3. The van der Waals surface area contributed by atoms with Crippen molar-refractivity contribution in [3.63, 3.8) is 0 Å². The van der Waals surface area contributed by atoms with Crippen LogP contribution in [-0.2, 0) is 11.9 Å². The number of hydrogen-bond acceptors (Lipinski definition) is 3. The molecule has 0 radical (unpaired) electrons. The van der Waals surface area contributed by atoms with E-state index in [1.807, 2.05) is 12.3 Å². The molecule has 0 N–H and O–H groups in total. The van der Waals surface area contributed by atoms with Gasteiger partial charge in [-0.3, -0.25) is 0 Å². The summed E-state index contributed by atoms with van der Waals surface area (Å²) in [5.74, 6) is 0.280. The first-order valence-electron chi connectivity index (χ1n) is 5.17. The molecular formula is C12H10F3NS2. The summed E-state index contributed by atoms with van der Waals surface area (Å²) in [7, 11) is 0. The Labute approximate surface area is 111 Å². The zero-order valence-electron chi connectivity index (χ0n) is 9.49. The number of aromatic nitrogens is 1. The Morgan fingerprint density at radius 2 is 2.00 bits per heavy atom. The molecule has 1 aromatic heterocycles. The molecule has 0 bridgehead atoms. The van der Waals surface area contributed by atoms with E-state index in [-0.39, 0.29) is 5.75 Å². The number of thiazole rings is 1. The second-order valence-electron chi connectivity index (χ2n) is 3.70. The number of halogens is 3. The largest absolute Gasteiger partial charge is 0.416 e. The normalized spacial score (nSPS) is 11.8. The maximum absolute atomic E-state index is 12.8. The molecular weight excluding hydrogens is 279 g/mol. The summed E-state index contributed by atoms with van der Waals surface area (Å²) in [6.45, 7) is 1.87. The van der Waals surface area contributed by atoms with Gasteiger partial charge in [-0.1, -0.05) is 30.0 Å². The van der Waals surface area contributed by atoms with Gasteiger partial charge in [-0.15, -0.1) is 11.3 Å². The number of aryl methyl sites for hydroxylation is 1. The topological polar surface area (TPSA) is 12.9 Å². The third-order valence-corrected chi connectivity index (χ3v) is 4.46. The van der Waals surface area contributed by atoms with E-state index in [9.17, 15) is 13.2 Å². The summed E-state index contributed by atoms with van der Waals surface area (Å²) in [6, 6.07) is 5.65. The molecule has 0 amide bonds. The van der Waals surface area contributed by atoms with Crippen molar-refractivity contribution in [2.24, 2.45) is 0 Å². The number of hydrogen-bond donors (Lipinski definition) is 0. The van der Waals surface area contributed by atoms with Crippen molar-refractivity contribution in [3.05, 3.63) is 46.5 Å². The highest BCUT2D eigenvalue weighted by Crippen LogP contribution is 2.35. The predicted octanol–water partition coefficient (Wildman–Crippen LogP) is 4.76. The highest BCUT2D eigenvalue weighted by molar-refractivity contribution is 8.00. The second-order valence-corrected chi connectivity index (χ2v) is 5.78. The van der Waals surface area contributed by atoms with Crippen LogP contribution in [0.3, 0.4) is 0 Å². The molecule has 1 heterocycles. The van der Waals surface area contributed by atoms with Gasteiger partial charge >= 0.3 is 6.18 Å². The molecule has 1 nitrogen and oxygen atoms in total. The first kappa shape index (κ1) is 13.4. The zero-order chi connectivity index (χ0) is 13.2. The van der Waals surface area contributed by atoms with Crippen molar-refractivity contribution in [1.29, 1.82) is 0 Å². The minimum absolute atomic E-state index is 0.280. The van der Waals surface area contributed by atoms with Crippen molar-refractivity contribution in [2.45, 2.75) is 23.2 Å². The molecule has 0 spiro atoms. The molecule has 0 aliphatic carbocycles. The molecule has 0 saturated carbocycles. The number of rotatable bonds is 3. The quantitative estimate of drug-likeness (QED) is 0.755. The van der Waals surface area contributed by atoms with Crippen LogP contribution in [0.4, 0.5) is 13.2 Å². The Morgan fingerprint density at radius 1 is 1.28 bits per heavy atom. The summed E-state index contributed by atoms with van der Waals surface area (Å²) < 4.78 is 39.1. The zero-order valence-corrected chi connectivity index (χ0v) is 11.1. The van der Waals surface area contributed by atoms with Crippen LogP contribution in [0.2, 0.25) is 0 Å².